The maximum Gasteiger partial charge on any atom is 0.200 e. The summed E-state index contributed by atoms with van der Waals surface area (Å²) in [5.74, 6) is 0. The van der Waals surface area contributed by atoms with Gasteiger partial charge in [-0.1, -0.05) is 0 Å². The van der Waals surface area contributed by atoms with Crippen molar-refractivity contribution in [1.82, 2.24) is 0 Å². The lowest BCUT2D eigenvalue weighted by Crippen LogP contribution is -1.86. The molecule has 50 valence electrons. The Balaban J connectivity index is 0. The van der Waals surface area contributed by atoms with E-state index >= 15 is 0 Å². The second kappa shape index (κ2) is 7.66. The zero-order valence-corrected chi connectivity index (χ0v) is 6.79. The first-order valence-corrected chi connectivity index (χ1v) is 2.72. The molecule has 0 atom stereocenters. The van der Waals surface area contributed by atoms with Gasteiger partial charge in [0.2, 0.25) is 0 Å². The van der Waals surface area contributed by atoms with Crippen molar-refractivity contribution in [3.05, 3.63) is 0 Å². The van der Waals surface area contributed by atoms with E-state index in [1.807, 2.05) is 0 Å². The summed E-state index contributed by atoms with van der Waals surface area (Å²) < 4.78 is 13.9. The molecule has 8 heavy (non-hydrogen) atoms. The Hall–Kier alpha value is 0.660. The molecule has 0 amide bonds. The third-order valence-corrected chi connectivity index (χ3v) is 1.22. The van der Waals surface area contributed by atoms with Crippen molar-refractivity contribution in [2.75, 3.05) is 21.3 Å². The van der Waals surface area contributed by atoms with Gasteiger partial charge in [0.15, 0.2) is 11.7 Å². The average molecular weight is 156 g/mol. The fourth-order valence-electron chi connectivity index (χ4n) is 0.204. The first-order chi connectivity index (χ1) is 3.35. The van der Waals surface area contributed by atoms with Crippen molar-refractivity contribution < 1.29 is 12.5 Å². The van der Waals surface area contributed by atoms with E-state index in [4.69, 9.17) is 0 Å². The van der Waals surface area contributed by atoms with Gasteiger partial charge < -0.3 is 0 Å². The molecule has 0 fully saturated rings. The molecule has 5 heteroatoms. The summed E-state index contributed by atoms with van der Waals surface area (Å²) in [6, 6.07) is 0. The highest BCUT2D eigenvalue weighted by atomic mass is 32.3. The summed E-state index contributed by atoms with van der Waals surface area (Å²) in [5.41, 5.74) is 0. The molecule has 4 radical (unpaired) electrons. The van der Waals surface area contributed by atoms with Gasteiger partial charge >= 0.3 is 0 Å². The molecule has 0 aromatic heterocycles. The zero-order chi connectivity index (χ0) is 5.70. The summed E-state index contributed by atoms with van der Waals surface area (Å²) in [5, 5.41) is 0. The molecule has 0 heterocycles. The molecular formula is C3H9O3PS. The van der Waals surface area contributed by atoms with E-state index in [0.29, 0.717) is 0 Å². The van der Waals surface area contributed by atoms with Crippen LogP contribution in [0.2, 0.25) is 0 Å². The Kier molecular flexibility index (Phi) is 11.0. The van der Waals surface area contributed by atoms with Gasteiger partial charge in [-0.15, -0.1) is 0 Å². The molecule has 0 aromatic rings. The van der Waals surface area contributed by atoms with Crippen LogP contribution in [0.15, 0.2) is 0 Å². The molecule has 3 nitrogen and oxygen atoms in total. The average Bonchev–Trinajstić information content (AvgIpc) is 1.72. The van der Waals surface area contributed by atoms with Gasteiger partial charge in [0.25, 0.3) is 0 Å². The highest BCUT2D eigenvalue weighted by Gasteiger charge is 1.96. The lowest BCUT2D eigenvalue weighted by atomic mass is 11.8. The molecule has 0 saturated heterocycles. The number of rotatable bonds is 3. The van der Waals surface area contributed by atoms with Crippen LogP contribution < -0.4 is 0 Å². The van der Waals surface area contributed by atoms with Crippen molar-refractivity contribution >= 4 is 21.6 Å². The van der Waals surface area contributed by atoms with Gasteiger partial charge in [0.05, 0.1) is 21.3 Å². The van der Waals surface area contributed by atoms with Crippen LogP contribution in [-0.4, -0.2) is 21.3 Å². The zero-order valence-electron chi connectivity index (χ0n) is 5.08. The van der Waals surface area contributed by atoms with Gasteiger partial charge in [0, 0.05) is 9.90 Å². The van der Waals surface area contributed by atoms with E-state index in [-0.39, 0.29) is 9.90 Å². The summed E-state index contributed by atoms with van der Waals surface area (Å²) in [4.78, 5) is 0. The summed E-state index contributed by atoms with van der Waals surface area (Å²) >= 11 is -0.745. The molecule has 0 rings (SSSR count). The first kappa shape index (κ1) is 11.5. The van der Waals surface area contributed by atoms with Crippen LogP contribution in [0.25, 0.3) is 0 Å². The van der Waals surface area contributed by atoms with Crippen molar-refractivity contribution in [2.45, 2.75) is 0 Å². The van der Waals surface area contributed by atoms with E-state index in [2.05, 4.69) is 12.5 Å². The van der Waals surface area contributed by atoms with Crippen LogP contribution in [0.3, 0.4) is 0 Å². The van der Waals surface area contributed by atoms with E-state index in [0.717, 1.165) is 0 Å². The Labute approximate surface area is 56.3 Å². The smallest absolute Gasteiger partial charge is 0.200 e. The predicted octanol–water partition coefficient (Wildman–Crippen LogP) is 1.80. The normalized spacial score (nSPS) is 9.00. The van der Waals surface area contributed by atoms with Crippen molar-refractivity contribution in [2.24, 2.45) is 0 Å². The van der Waals surface area contributed by atoms with E-state index < -0.39 is 11.7 Å². The Morgan fingerprint density at radius 3 is 1.12 bits per heavy atom. The topological polar surface area (TPSA) is 27.7 Å². The molecule has 0 spiro atoms. The van der Waals surface area contributed by atoms with Crippen LogP contribution in [0.1, 0.15) is 0 Å². The molecule has 0 aliphatic rings. The number of hydrogen-bond donors (Lipinski definition) is 0. The summed E-state index contributed by atoms with van der Waals surface area (Å²) in [6.07, 6.45) is 0. The van der Waals surface area contributed by atoms with Crippen LogP contribution in [0, 0.1) is 0 Å². The third-order valence-electron chi connectivity index (χ3n) is 0.408. The van der Waals surface area contributed by atoms with Gasteiger partial charge in [-0.2, -0.15) is 0 Å². The largest absolute Gasteiger partial charge is 0.284 e. The van der Waals surface area contributed by atoms with Gasteiger partial charge in [-0.25, -0.2) is 0 Å². The molecular weight excluding hydrogens is 147 g/mol. The lowest BCUT2D eigenvalue weighted by molar-refractivity contribution is 0.273. The van der Waals surface area contributed by atoms with Crippen molar-refractivity contribution in [3.63, 3.8) is 0 Å². The second-order valence-electron chi connectivity index (χ2n) is 0.704. The minimum atomic E-state index is -0.745. The third kappa shape index (κ3) is 4.81. The van der Waals surface area contributed by atoms with Crippen LogP contribution in [0.4, 0.5) is 0 Å². The van der Waals surface area contributed by atoms with Gasteiger partial charge in [-0.05, 0) is 0 Å². The minimum absolute atomic E-state index is 0. The highest BCUT2D eigenvalue weighted by molar-refractivity contribution is 8.04. The maximum atomic E-state index is 4.63. The summed E-state index contributed by atoms with van der Waals surface area (Å²) in [6.45, 7) is 0. The molecule has 0 aliphatic carbocycles. The SMILES string of the molecule is CO[S](OC)OC.[P]. The highest BCUT2D eigenvalue weighted by Crippen LogP contribution is 2.24. The second-order valence-corrected chi connectivity index (χ2v) is 2.11. The van der Waals surface area contributed by atoms with E-state index in [1.165, 1.54) is 21.3 Å². The fourth-order valence-corrected chi connectivity index (χ4v) is 0.612. The van der Waals surface area contributed by atoms with Crippen molar-refractivity contribution in [3.8, 4) is 0 Å². The van der Waals surface area contributed by atoms with Crippen LogP contribution >= 0.6 is 21.6 Å². The monoisotopic (exact) mass is 156 g/mol. The van der Waals surface area contributed by atoms with Gasteiger partial charge in [-0.3, -0.25) is 12.5 Å². The standard InChI is InChI=1S/C3H9O3S.P/c1-4-7(5-2)6-3;/h1-3H3;. The molecule has 0 aliphatic heterocycles. The minimum Gasteiger partial charge on any atom is -0.284 e. The number of hydrogen-bond acceptors (Lipinski definition) is 3. The molecule has 0 N–H and O–H groups in total. The Bertz CT molecular complexity index is 36.0. The fraction of sp³-hybridized carbons (Fsp3) is 1.00. The van der Waals surface area contributed by atoms with Crippen LogP contribution in [-0.2, 0) is 12.5 Å². The van der Waals surface area contributed by atoms with Crippen LogP contribution in [0.5, 0.6) is 0 Å². The Morgan fingerprint density at radius 2 is 1.12 bits per heavy atom. The molecule has 0 saturated carbocycles. The Morgan fingerprint density at radius 1 is 0.875 bits per heavy atom. The molecule has 0 unspecified atom stereocenters. The quantitative estimate of drug-likeness (QED) is 0.583. The predicted molar refractivity (Wildman–Crippen MR) is 35.5 cm³/mol. The van der Waals surface area contributed by atoms with Crippen molar-refractivity contribution in [1.29, 1.82) is 0 Å². The molecule has 0 bridgehead atoms. The lowest BCUT2D eigenvalue weighted by Gasteiger charge is -2.07. The van der Waals surface area contributed by atoms with Gasteiger partial charge in [0.1, 0.15) is 0 Å². The van der Waals surface area contributed by atoms with E-state index in [9.17, 15) is 0 Å². The van der Waals surface area contributed by atoms with E-state index in [1.54, 1.807) is 0 Å². The summed E-state index contributed by atoms with van der Waals surface area (Å²) in [7, 11) is 4.57. The first-order valence-electron chi connectivity index (χ1n) is 1.72. The maximum absolute atomic E-state index is 4.63. The molecule has 0 aromatic carbocycles.